The first-order chi connectivity index (χ1) is 22.8. The molecule has 6 nitrogen and oxygen atoms in total. The van der Waals surface area contributed by atoms with Crippen LogP contribution < -0.4 is 10.1 Å². The van der Waals surface area contributed by atoms with E-state index < -0.39 is 45.3 Å². The largest absolute Gasteiger partial charge is 0.457 e. The normalized spacial score (nSPS) is 24.3. The number of carbonyl (C=O) groups is 3. The summed E-state index contributed by atoms with van der Waals surface area (Å²) in [6.45, 7) is 0. The van der Waals surface area contributed by atoms with E-state index in [-0.39, 0.29) is 6.42 Å². The number of benzene rings is 5. The van der Waals surface area contributed by atoms with E-state index in [0.29, 0.717) is 39.4 Å². The lowest BCUT2D eigenvalue weighted by Crippen LogP contribution is -2.57. The van der Waals surface area contributed by atoms with E-state index in [4.69, 9.17) is 27.9 Å². The van der Waals surface area contributed by atoms with Gasteiger partial charge in [-0.05, 0) is 64.2 Å². The molecule has 0 radical (unpaired) electrons. The average Bonchev–Trinajstić information content (AvgIpc) is 3.38. The van der Waals surface area contributed by atoms with Gasteiger partial charge in [-0.1, -0.05) is 97.1 Å². The average molecular weight is 660 g/mol. The van der Waals surface area contributed by atoms with Crippen molar-refractivity contribution in [2.75, 3.05) is 5.32 Å². The Balaban J connectivity index is 1.16. The van der Waals surface area contributed by atoms with Gasteiger partial charge in [-0.2, -0.15) is 0 Å². The molecule has 1 heterocycles. The van der Waals surface area contributed by atoms with Crippen LogP contribution in [0.5, 0.6) is 11.5 Å². The van der Waals surface area contributed by atoms with Gasteiger partial charge >= 0.3 is 0 Å². The summed E-state index contributed by atoms with van der Waals surface area (Å²) >= 11 is 15.2. The molecule has 1 saturated heterocycles. The van der Waals surface area contributed by atoms with Crippen molar-refractivity contribution in [1.82, 2.24) is 4.90 Å². The van der Waals surface area contributed by atoms with Crippen molar-refractivity contribution in [3.05, 3.63) is 161 Å². The number of halogens is 2. The summed E-state index contributed by atoms with van der Waals surface area (Å²) < 4.78 is 5.89. The molecule has 8 heteroatoms. The van der Waals surface area contributed by atoms with Crippen molar-refractivity contribution in [1.29, 1.82) is 0 Å². The molecule has 1 aliphatic heterocycles. The van der Waals surface area contributed by atoms with E-state index in [2.05, 4.69) is 5.32 Å². The standard InChI is InChI=1S/C39H28Cl2N2O4/c40-38-28-15-7-8-16-29(28)39(41,31-18-10-9-17-30(31)38)34-33(38)36(45)43(37(34)46)32(23-24-11-3-1-4-12-24)35(44)42-25-19-21-27(22-20-25)47-26-13-5-2-6-14-26/h1-22,32-34H,23H2,(H,42,44)/t32-,33-,34+,38?,39?/m0/s1. The zero-order chi connectivity index (χ0) is 32.3. The minimum atomic E-state index is -1.33. The zero-order valence-electron chi connectivity index (χ0n) is 25.0. The number of imide groups is 1. The molecule has 0 saturated carbocycles. The van der Waals surface area contributed by atoms with E-state index in [1.807, 2.05) is 109 Å². The number of alkyl halides is 2. The predicted molar refractivity (Wildman–Crippen MR) is 181 cm³/mol. The quantitative estimate of drug-likeness (QED) is 0.144. The molecule has 3 atom stereocenters. The molecule has 232 valence electrons. The van der Waals surface area contributed by atoms with Gasteiger partial charge in [0.2, 0.25) is 17.7 Å². The Hall–Kier alpha value is -4.91. The van der Waals surface area contributed by atoms with Crippen LogP contribution in [0.4, 0.5) is 5.69 Å². The minimum Gasteiger partial charge on any atom is -0.457 e. The molecule has 1 fully saturated rings. The highest BCUT2D eigenvalue weighted by Gasteiger charge is 2.73. The van der Waals surface area contributed by atoms with Crippen molar-refractivity contribution in [2.45, 2.75) is 22.2 Å². The second kappa shape index (κ2) is 11.1. The third-order valence-electron chi connectivity index (χ3n) is 9.61. The van der Waals surface area contributed by atoms with Gasteiger partial charge in [-0.15, -0.1) is 23.2 Å². The number of nitrogens with zero attached hydrogens (tertiary/aromatic N) is 1. The SMILES string of the molecule is O=C(Nc1ccc(Oc2ccccc2)cc1)[C@H](Cc1ccccc1)N1C(=O)[C@@H]2[C@H](C1=O)C1(Cl)c3ccccc3C2(Cl)c2ccccc21. The van der Waals surface area contributed by atoms with Gasteiger partial charge in [-0.25, -0.2) is 0 Å². The Morgan fingerprint density at radius 2 is 1.06 bits per heavy atom. The van der Waals surface area contributed by atoms with E-state index in [1.54, 1.807) is 24.3 Å². The summed E-state index contributed by atoms with van der Waals surface area (Å²) in [6.07, 6.45) is 0.114. The maximum Gasteiger partial charge on any atom is 0.248 e. The van der Waals surface area contributed by atoms with Crippen LogP contribution in [0.1, 0.15) is 27.8 Å². The Morgan fingerprint density at radius 1 is 0.638 bits per heavy atom. The number of amides is 3. The van der Waals surface area contributed by atoms with Crippen molar-refractivity contribution in [3.8, 4) is 11.5 Å². The number of ether oxygens (including phenoxy) is 1. The highest BCUT2D eigenvalue weighted by molar-refractivity contribution is 6.36. The Labute approximate surface area is 281 Å². The minimum absolute atomic E-state index is 0.114. The smallest absolute Gasteiger partial charge is 0.248 e. The first-order valence-electron chi connectivity index (χ1n) is 15.4. The lowest BCUT2D eigenvalue weighted by Gasteiger charge is -2.54. The zero-order valence-corrected chi connectivity index (χ0v) is 26.5. The fourth-order valence-electron chi connectivity index (χ4n) is 7.59. The summed E-state index contributed by atoms with van der Waals surface area (Å²) in [6, 6.07) is 39.5. The second-order valence-electron chi connectivity index (χ2n) is 12.2. The van der Waals surface area contributed by atoms with Crippen LogP contribution in [0, 0.1) is 11.8 Å². The number of likely N-dealkylation sites (tertiary alicyclic amines) is 1. The fraction of sp³-hybridized carbons (Fsp3) is 0.154. The number of nitrogens with one attached hydrogen (secondary N) is 1. The van der Waals surface area contributed by atoms with Crippen LogP contribution in [0.3, 0.4) is 0 Å². The van der Waals surface area contributed by atoms with Crippen LogP contribution in [0.25, 0.3) is 0 Å². The molecule has 1 N–H and O–H groups in total. The molecular formula is C39H28Cl2N2O4. The van der Waals surface area contributed by atoms with Gasteiger partial charge in [0.15, 0.2) is 0 Å². The summed E-state index contributed by atoms with van der Waals surface area (Å²) in [4.78, 5) is 42.0. The third kappa shape index (κ3) is 4.43. The number of carbonyl (C=O) groups excluding carboxylic acids is 3. The lowest BCUT2D eigenvalue weighted by molar-refractivity contribution is -0.146. The van der Waals surface area contributed by atoms with E-state index in [9.17, 15) is 14.4 Å². The third-order valence-corrected chi connectivity index (χ3v) is 10.9. The first kappa shape index (κ1) is 29.5. The monoisotopic (exact) mass is 658 g/mol. The van der Waals surface area contributed by atoms with Gasteiger partial charge in [0.05, 0.1) is 11.8 Å². The maximum atomic E-state index is 14.7. The van der Waals surface area contributed by atoms with Crippen molar-refractivity contribution >= 4 is 46.6 Å². The van der Waals surface area contributed by atoms with Crippen LogP contribution in [-0.2, 0) is 30.6 Å². The molecule has 3 aliphatic carbocycles. The van der Waals surface area contributed by atoms with Crippen molar-refractivity contribution in [3.63, 3.8) is 0 Å². The van der Waals surface area contributed by atoms with Crippen molar-refractivity contribution < 1.29 is 19.1 Å². The molecule has 0 unspecified atom stereocenters. The summed E-state index contributed by atoms with van der Waals surface area (Å²) in [7, 11) is 0. The summed E-state index contributed by atoms with van der Waals surface area (Å²) in [5, 5.41) is 2.94. The van der Waals surface area contributed by atoms with Crippen LogP contribution in [0.2, 0.25) is 0 Å². The number of para-hydroxylation sites is 1. The molecular weight excluding hydrogens is 631 g/mol. The molecule has 5 aromatic carbocycles. The molecule has 9 rings (SSSR count). The maximum absolute atomic E-state index is 14.7. The Kier molecular flexibility index (Phi) is 6.97. The molecule has 5 aromatic rings. The van der Waals surface area contributed by atoms with Gasteiger partial charge < -0.3 is 10.1 Å². The summed E-state index contributed by atoms with van der Waals surface area (Å²) in [5.41, 5.74) is 4.13. The highest BCUT2D eigenvalue weighted by Crippen LogP contribution is 2.69. The number of hydrogen-bond donors (Lipinski definition) is 1. The van der Waals surface area contributed by atoms with Gasteiger partial charge in [-0.3, -0.25) is 19.3 Å². The van der Waals surface area contributed by atoms with Crippen LogP contribution in [0.15, 0.2) is 133 Å². The summed E-state index contributed by atoms with van der Waals surface area (Å²) in [5.74, 6) is -2.23. The molecule has 47 heavy (non-hydrogen) atoms. The van der Waals surface area contributed by atoms with Gasteiger partial charge in [0.25, 0.3) is 0 Å². The van der Waals surface area contributed by atoms with E-state index in [0.717, 1.165) is 10.5 Å². The van der Waals surface area contributed by atoms with Gasteiger partial charge in [0, 0.05) is 12.1 Å². The number of anilines is 1. The predicted octanol–water partition coefficient (Wildman–Crippen LogP) is 7.62. The lowest BCUT2D eigenvalue weighted by atomic mass is 9.54. The molecule has 4 aliphatic rings. The van der Waals surface area contributed by atoms with Crippen LogP contribution in [-0.4, -0.2) is 28.7 Å². The Morgan fingerprint density at radius 3 is 1.55 bits per heavy atom. The first-order valence-corrected chi connectivity index (χ1v) is 16.2. The molecule has 3 amide bonds. The second-order valence-corrected chi connectivity index (χ2v) is 13.3. The number of rotatable bonds is 7. The van der Waals surface area contributed by atoms with Gasteiger partial charge in [0.1, 0.15) is 27.3 Å². The Bertz CT molecular complexity index is 1910. The number of hydrogen-bond acceptors (Lipinski definition) is 4. The molecule has 2 bridgehead atoms. The highest BCUT2D eigenvalue weighted by atomic mass is 35.5. The fourth-order valence-corrected chi connectivity index (χ4v) is 8.69. The molecule has 0 aromatic heterocycles. The van der Waals surface area contributed by atoms with Crippen molar-refractivity contribution in [2.24, 2.45) is 11.8 Å². The molecule has 0 spiro atoms. The van der Waals surface area contributed by atoms with E-state index >= 15 is 0 Å². The van der Waals surface area contributed by atoms with Crippen LogP contribution >= 0.6 is 23.2 Å². The topological polar surface area (TPSA) is 75.7 Å². The van der Waals surface area contributed by atoms with E-state index in [1.165, 1.54) is 0 Å².